The first kappa shape index (κ1) is 12.2. The van der Waals surface area contributed by atoms with E-state index >= 15 is 0 Å². The first-order chi connectivity index (χ1) is 5.54. The van der Waals surface area contributed by atoms with Gasteiger partial charge >= 0.3 is 12.1 Å². The van der Waals surface area contributed by atoms with Crippen LogP contribution in [0.4, 0.5) is 13.2 Å². The van der Waals surface area contributed by atoms with Crippen molar-refractivity contribution < 1.29 is 36.0 Å². The van der Waals surface area contributed by atoms with Crippen molar-refractivity contribution in [3.63, 3.8) is 0 Å². The number of aliphatic carboxylic acids is 1. The van der Waals surface area contributed by atoms with Crippen LogP contribution in [0.15, 0.2) is 0 Å². The Labute approximate surface area is 70.9 Å². The maximum absolute atomic E-state index is 11.7. The molecule has 5 nitrogen and oxygen atoms in total. The molecule has 0 rings (SSSR count). The van der Waals surface area contributed by atoms with Crippen LogP contribution >= 0.6 is 0 Å². The minimum absolute atomic E-state index is 1.87. The molecule has 9 heteroatoms. The number of hydrogen-bond donors (Lipinski definition) is 2. The van der Waals surface area contributed by atoms with E-state index in [1.165, 1.54) is 0 Å². The third-order valence-corrected chi connectivity index (χ3v) is 1.83. The van der Waals surface area contributed by atoms with Crippen LogP contribution in [0.25, 0.3) is 0 Å². The molecule has 0 aromatic carbocycles. The Hall–Kier alpha value is -0.830. The van der Waals surface area contributed by atoms with Crippen molar-refractivity contribution in [1.29, 1.82) is 0 Å². The van der Waals surface area contributed by atoms with Gasteiger partial charge in [0.15, 0.2) is 5.92 Å². The fourth-order valence-electron chi connectivity index (χ4n) is 0.516. The van der Waals surface area contributed by atoms with E-state index in [1.54, 1.807) is 0 Å². The molecule has 0 saturated carbocycles. The van der Waals surface area contributed by atoms with Crippen molar-refractivity contribution in [2.75, 3.05) is 5.75 Å². The van der Waals surface area contributed by atoms with E-state index in [2.05, 4.69) is 0 Å². The topological polar surface area (TPSA) is 91.7 Å². The lowest BCUT2D eigenvalue weighted by Gasteiger charge is -2.13. The molecule has 0 aliphatic carbocycles. The van der Waals surface area contributed by atoms with Gasteiger partial charge in [0.05, 0.1) is 5.75 Å². The largest absolute Gasteiger partial charge is 0.481 e. The number of carbonyl (C=O) groups is 1. The SMILES string of the molecule is O=C(O)C(CS(=O)(=O)O)C(F)(F)F. The highest BCUT2D eigenvalue weighted by Crippen LogP contribution is 2.27. The lowest BCUT2D eigenvalue weighted by Crippen LogP contribution is -2.36. The van der Waals surface area contributed by atoms with E-state index in [-0.39, 0.29) is 0 Å². The zero-order valence-electron chi connectivity index (χ0n) is 5.95. The van der Waals surface area contributed by atoms with Crippen LogP contribution in [0.3, 0.4) is 0 Å². The van der Waals surface area contributed by atoms with Crippen molar-refractivity contribution in [2.45, 2.75) is 6.18 Å². The molecule has 1 atom stereocenters. The first-order valence-corrected chi connectivity index (χ1v) is 4.39. The van der Waals surface area contributed by atoms with Crippen LogP contribution in [0.5, 0.6) is 0 Å². The molecule has 78 valence electrons. The van der Waals surface area contributed by atoms with Gasteiger partial charge in [0, 0.05) is 0 Å². The fourth-order valence-corrected chi connectivity index (χ4v) is 1.27. The second-order valence-corrected chi connectivity index (χ2v) is 3.68. The third kappa shape index (κ3) is 4.68. The Morgan fingerprint density at radius 3 is 1.85 bits per heavy atom. The molecule has 0 bridgehead atoms. The molecule has 0 aromatic rings. The van der Waals surface area contributed by atoms with E-state index in [0.717, 1.165) is 0 Å². The quantitative estimate of drug-likeness (QED) is 0.662. The predicted octanol–water partition coefficient (Wildman–Crippen LogP) is 0.137. The van der Waals surface area contributed by atoms with Crippen LogP contribution in [0, 0.1) is 5.92 Å². The molecule has 0 radical (unpaired) electrons. The van der Waals surface area contributed by atoms with Crippen molar-refractivity contribution in [1.82, 2.24) is 0 Å². The molecule has 13 heavy (non-hydrogen) atoms. The highest BCUT2D eigenvalue weighted by Gasteiger charge is 2.47. The molecule has 0 aliphatic rings. The molecule has 0 spiro atoms. The molecule has 2 N–H and O–H groups in total. The Balaban J connectivity index is 4.77. The number of alkyl halides is 3. The van der Waals surface area contributed by atoms with Gasteiger partial charge < -0.3 is 5.11 Å². The number of halogens is 3. The Kier molecular flexibility index (Phi) is 3.28. The summed E-state index contributed by atoms with van der Waals surface area (Å²) in [5.41, 5.74) is 0. The molecular weight excluding hydrogens is 217 g/mol. The maximum Gasteiger partial charge on any atom is 0.403 e. The van der Waals surface area contributed by atoms with Crippen molar-refractivity contribution >= 4 is 16.1 Å². The lowest BCUT2D eigenvalue weighted by molar-refractivity contribution is -0.189. The van der Waals surface area contributed by atoms with Crippen LogP contribution in [0.1, 0.15) is 0 Å². The average molecular weight is 222 g/mol. The number of rotatable bonds is 3. The fraction of sp³-hybridized carbons (Fsp3) is 0.750. The number of hydrogen-bond acceptors (Lipinski definition) is 3. The lowest BCUT2D eigenvalue weighted by atomic mass is 10.2. The van der Waals surface area contributed by atoms with Gasteiger partial charge in [0.25, 0.3) is 10.1 Å². The summed E-state index contributed by atoms with van der Waals surface area (Å²) in [5, 5.41) is 7.98. The Bertz CT molecular complexity index is 291. The van der Waals surface area contributed by atoms with Crippen molar-refractivity contribution in [3.05, 3.63) is 0 Å². The highest BCUT2D eigenvalue weighted by molar-refractivity contribution is 7.85. The molecular formula is C4H5F3O5S. The van der Waals surface area contributed by atoms with Crippen molar-refractivity contribution in [3.8, 4) is 0 Å². The number of carboxylic acid groups (broad SMARTS) is 1. The van der Waals surface area contributed by atoms with Gasteiger partial charge in [0.2, 0.25) is 0 Å². The molecule has 0 saturated heterocycles. The van der Waals surface area contributed by atoms with E-state index in [4.69, 9.17) is 9.66 Å². The maximum atomic E-state index is 11.7. The molecule has 0 heterocycles. The van der Waals surface area contributed by atoms with Crippen LogP contribution in [-0.4, -0.2) is 36.0 Å². The van der Waals surface area contributed by atoms with Gasteiger partial charge in [-0.3, -0.25) is 9.35 Å². The summed E-state index contributed by atoms with van der Waals surface area (Å²) < 4.78 is 63.2. The summed E-state index contributed by atoms with van der Waals surface area (Å²) in [4.78, 5) is 9.93. The van der Waals surface area contributed by atoms with Crippen molar-refractivity contribution in [2.24, 2.45) is 5.92 Å². The van der Waals surface area contributed by atoms with E-state index in [1.807, 2.05) is 0 Å². The average Bonchev–Trinajstić information content (AvgIpc) is 1.77. The van der Waals surface area contributed by atoms with Crippen LogP contribution in [0.2, 0.25) is 0 Å². The van der Waals surface area contributed by atoms with Gasteiger partial charge in [-0.15, -0.1) is 0 Å². The second-order valence-electron chi connectivity index (χ2n) is 2.18. The highest BCUT2D eigenvalue weighted by atomic mass is 32.2. The summed E-state index contributed by atoms with van der Waals surface area (Å²) in [5.74, 6) is -7.31. The molecule has 0 aliphatic heterocycles. The normalized spacial score (nSPS) is 15.4. The molecule has 0 aromatic heterocycles. The monoisotopic (exact) mass is 222 g/mol. The van der Waals surface area contributed by atoms with E-state index < -0.39 is 33.9 Å². The Morgan fingerprint density at radius 1 is 1.38 bits per heavy atom. The number of carboxylic acids is 1. The standard InChI is InChI=1S/C4H5F3O5S/c5-4(6,7)2(3(8)9)1-13(10,11)12/h2H,1H2,(H,8,9)(H,10,11,12). The Morgan fingerprint density at radius 2 is 1.77 bits per heavy atom. The summed E-state index contributed by atoms with van der Waals surface area (Å²) in [6, 6.07) is 0. The van der Waals surface area contributed by atoms with E-state index in [9.17, 15) is 26.4 Å². The smallest absolute Gasteiger partial charge is 0.403 e. The van der Waals surface area contributed by atoms with Gasteiger partial charge in [-0.05, 0) is 0 Å². The molecule has 1 unspecified atom stereocenters. The third-order valence-electron chi connectivity index (χ3n) is 1.07. The van der Waals surface area contributed by atoms with E-state index in [0.29, 0.717) is 0 Å². The van der Waals surface area contributed by atoms with Gasteiger partial charge in [-0.25, -0.2) is 0 Å². The van der Waals surface area contributed by atoms with Gasteiger partial charge in [-0.2, -0.15) is 21.6 Å². The predicted molar refractivity (Wildman–Crippen MR) is 33.6 cm³/mol. The first-order valence-electron chi connectivity index (χ1n) is 2.78. The second kappa shape index (κ2) is 3.50. The minimum atomic E-state index is -5.19. The molecule has 0 fully saturated rings. The van der Waals surface area contributed by atoms with Gasteiger partial charge in [-0.1, -0.05) is 0 Å². The zero-order valence-corrected chi connectivity index (χ0v) is 6.76. The summed E-state index contributed by atoms with van der Waals surface area (Å²) >= 11 is 0. The van der Waals surface area contributed by atoms with Gasteiger partial charge in [0.1, 0.15) is 0 Å². The summed E-state index contributed by atoms with van der Waals surface area (Å²) in [6.45, 7) is 0. The molecule has 0 amide bonds. The summed E-state index contributed by atoms with van der Waals surface area (Å²) in [6.07, 6.45) is -5.19. The zero-order chi connectivity index (χ0) is 10.9. The summed E-state index contributed by atoms with van der Waals surface area (Å²) in [7, 11) is -4.95. The minimum Gasteiger partial charge on any atom is -0.481 e. The van der Waals surface area contributed by atoms with Crippen LogP contribution < -0.4 is 0 Å². The van der Waals surface area contributed by atoms with Crippen LogP contribution in [-0.2, 0) is 14.9 Å².